The van der Waals surface area contributed by atoms with E-state index in [4.69, 9.17) is 16.3 Å². The van der Waals surface area contributed by atoms with E-state index in [9.17, 15) is 0 Å². The molecule has 3 aromatic rings. The Morgan fingerprint density at radius 3 is 3.06 bits per heavy atom. The number of thiazole rings is 1. The molecule has 3 heterocycles. The summed E-state index contributed by atoms with van der Waals surface area (Å²) < 4.78 is 5.65. The maximum absolute atomic E-state index is 5.97. The second-order valence-electron chi connectivity index (χ2n) is 3.71. The average Bonchev–Trinajstić information content (AvgIpc) is 2.76. The highest BCUT2D eigenvalue weighted by Gasteiger charge is 2.09. The molecule has 0 N–H and O–H groups in total. The Hall–Kier alpha value is -1.72. The van der Waals surface area contributed by atoms with Gasteiger partial charge in [0, 0.05) is 12.4 Å². The molecule has 0 amide bonds. The average molecular weight is 278 g/mol. The van der Waals surface area contributed by atoms with Gasteiger partial charge in [0.05, 0.1) is 0 Å². The van der Waals surface area contributed by atoms with Gasteiger partial charge in [-0.3, -0.25) is 0 Å². The summed E-state index contributed by atoms with van der Waals surface area (Å²) in [6, 6.07) is 5.56. The molecule has 0 fully saturated rings. The third kappa shape index (κ3) is 2.14. The zero-order valence-electron chi connectivity index (χ0n) is 9.42. The molecule has 0 atom stereocenters. The van der Waals surface area contributed by atoms with Crippen molar-refractivity contribution in [3.63, 3.8) is 0 Å². The first-order valence-corrected chi connectivity index (χ1v) is 6.43. The van der Waals surface area contributed by atoms with Crippen molar-refractivity contribution in [1.82, 2.24) is 15.0 Å². The van der Waals surface area contributed by atoms with Crippen LogP contribution < -0.4 is 4.74 Å². The van der Waals surface area contributed by atoms with Gasteiger partial charge in [0.25, 0.3) is 5.19 Å². The monoisotopic (exact) mass is 277 g/mol. The van der Waals surface area contributed by atoms with E-state index in [2.05, 4.69) is 15.0 Å². The number of fused-ring (bicyclic) bond motifs is 1. The molecule has 3 rings (SSSR count). The van der Waals surface area contributed by atoms with E-state index in [1.165, 1.54) is 11.3 Å². The minimum absolute atomic E-state index is 0.327. The summed E-state index contributed by atoms with van der Waals surface area (Å²) in [6.07, 6.45) is 3.42. The minimum Gasteiger partial charge on any atom is -0.428 e. The van der Waals surface area contributed by atoms with Crippen molar-refractivity contribution in [2.45, 2.75) is 6.92 Å². The summed E-state index contributed by atoms with van der Waals surface area (Å²) in [4.78, 5) is 13.4. The molecule has 0 aliphatic heterocycles. The predicted molar refractivity (Wildman–Crippen MR) is 71.5 cm³/mol. The molecule has 4 nitrogen and oxygen atoms in total. The third-order valence-electron chi connectivity index (χ3n) is 2.29. The second kappa shape index (κ2) is 4.51. The Morgan fingerprint density at radius 1 is 1.33 bits per heavy atom. The van der Waals surface area contributed by atoms with Gasteiger partial charge in [-0.1, -0.05) is 22.9 Å². The first kappa shape index (κ1) is 11.4. The number of hydrogen-bond acceptors (Lipinski definition) is 5. The maximum Gasteiger partial charge on any atom is 0.281 e. The molecule has 0 bridgehead atoms. The van der Waals surface area contributed by atoms with Gasteiger partial charge in [-0.2, -0.15) is 0 Å². The molecule has 0 aliphatic rings. The molecular formula is C12H8ClN3OS. The number of aromatic nitrogens is 3. The fourth-order valence-electron chi connectivity index (χ4n) is 1.48. The fraction of sp³-hybridized carbons (Fsp3) is 0.0833. The summed E-state index contributed by atoms with van der Waals surface area (Å²) >= 11 is 7.35. The van der Waals surface area contributed by atoms with E-state index < -0.39 is 0 Å². The summed E-state index contributed by atoms with van der Waals surface area (Å²) in [5.41, 5.74) is 1.79. The van der Waals surface area contributed by atoms with Crippen LogP contribution in [0.1, 0.15) is 5.56 Å². The second-order valence-corrected chi connectivity index (χ2v) is 5.01. The Bertz CT molecular complexity index is 680. The van der Waals surface area contributed by atoms with Gasteiger partial charge in [0.1, 0.15) is 10.3 Å². The highest BCUT2D eigenvalue weighted by Crippen LogP contribution is 2.32. The van der Waals surface area contributed by atoms with Crippen LogP contribution in [-0.2, 0) is 0 Å². The van der Waals surface area contributed by atoms with E-state index >= 15 is 0 Å². The lowest BCUT2D eigenvalue weighted by Crippen LogP contribution is -1.87. The van der Waals surface area contributed by atoms with Gasteiger partial charge < -0.3 is 4.74 Å². The lowest BCUT2D eigenvalue weighted by Gasteiger charge is -2.03. The first-order valence-electron chi connectivity index (χ1n) is 5.24. The molecule has 0 radical (unpaired) electrons. The highest BCUT2D eigenvalue weighted by molar-refractivity contribution is 7.19. The number of rotatable bonds is 2. The molecule has 18 heavy (non-hydrogen) atoms. The highest BCUT2D eigenvalue weighted by atomic mass is 35.5. The van der Waals surface area contributed by atoms with Crippen LogP contribution in [0, 0.1) is 6.92 Å². The Balaban J connectivity index is 1.98. The number of ether oxygens (including phenoxy) is 1. The molecule has 0 saturated carbocycles. The summed E-state index contributed by atoms with van der Waals surface area (Å²) in [5, 5.41) is 0.839. The van der Waals surface area contributed by atoms with E-state index in [-0.39, 0.29) is 0 Å². The molecule has 0 unspecified atom stereocenters. The Morgan fingerprint density at radius 2 is 2.22 bits per heavy atom. The summed E-state index contributed by atoms with van der Waals surface area (Å²) in [5.74, 6) is 0.510. The molecule has 0 saturated heterocycles. The van der Waals surface area contributed by atoms with Crippen LogP contribution in [0.15, 0.2) is 30.6 Å². The SMILES string of the molecule is Cc1cnc(Cl)c(Oc2nc3cccnc3s2)c1. The number of aryl methyl sites for hydroxylation is 1. The smallest absolute Gasteiger partial charge is 0.281 e. The summed E-state index contributed by atoms with van der Waals surface area (Å²) in [6.45, 7) is 1.93. The number of pyridine rings is 2. The van der Waals surface area contributed by atoms with Crippen molar-refractivity contribution in [2.24, 2.45) is 0 Å². The van der Waals surface area contributed by atoms with Crippen molar-refractivity contribution >= 4 is 33.3 Å². The molecule has 90 valence electrons. The van der Waals surface area contributed by atoms with Crippen LogP contribution in [0.25, 0.3) is 10.3 Å². The van der Waals surface area contributed by atoms with Crippen LogP contribution in [0.4, 0.5) is 0 Å². The largest absolute Gasteiger partial charge is 0.428 e. The van der Waals surface area contributed by atoms with Gasteiger partial charge in [0.2, 0.25) is 0 Å². The minimum atomic E-state index is 0.327. The normalized spacial score (nSPS) is 10.8. The standard InChI is InChI=1S/C12H8ClN3OS/c1-7-5-9(10(13)15-6-7)17-12-16-8-3-2-4-14-11(8)18-12/h2-6H,1H3. The fourth-order valence-corrected chi connectivity index (χ4v) is 2.40. The first-order chi connectivity index (χ1) is 8.72. The van der Waals surface area contributed by atoms with Crippen LogP contribution in [0.2, 0.25) is 5.15 Å². The van der Waals surface area contributed by atoms with Crippen molar-refractivity contribution in [3.8, 4) is 10.9 Å². The molecule has 3 aromatic heterocycles. The Kier molecular flexibility index (Phi) is 2.85. The van der Waals surface area contributed by atoms with Gasteiger partial charge in [0.15, 0.2) is 10.9 Å². The van der Waals surface area contributed by atoms with Crippen molar-refractivity contribution < 1.29 is 4.74 Å². The number of hydrogen-bond donors (Lipinski definition) is 0. The third-order valence-corrected chi connectivity index (χ3v) is 3.43. The molecule has 0 aliphatic carbocycles. The quantitative estimate of drug-likeness (QED) is 0.668. The van der Waals surface area contributed by atoms with Crippen LogP contribution >= 0.6 is 22.9 Å². The van der Waals surface area contributed by atoms with Gasteiger partial charge in [-0.05, 0) is 30.7 Å². The van der Waals surface area contributed by atoms with Gasteiger partial charge >= 0.3 is 0 Å². The van der Waals surface area contributed by atoms with Crippen LogP contribution in [-0.4, -0.2) is 15.0 Å². The van der Waals surface area contributed by atoms with Crippen molar-refractivity contribution in [3.05, 3.63) is 41.3 Å². The zero-order valence-corrected chi connectivity index (χ0v) is 11.0. The van der Waals surface area contributed by atoms with E-state index in [0.717, 1.165) is 15.9 Å². The van der Waals surface area contributed by atoms with E-state index in [1.54, 1.807) is 12.4 Å². The topological polar surface area (TPSA) is 47.9 Å². The zero-order chi connectivity index (χ0) is 12.5. The van der Waals surface area contributed by atoms with Crippen LogP contribution in [0.3, 0.4) is 0 Å². The summed E-state index contributed by atoms with van der Waals surface area (Å²) in [7, 11) is 0. The van der Waals surface area contributed by atoms with Crippen molar-refractivity contribution in [1.29, 1.82) is 0 Å². The molecular weight excluding hydrogens is 270 g/mol. The Labute approximate surface area is 112 Å². The van der Waals surface area contributed by atoms with Gasteiger partial charge in [-0.25, -0.2) is 15.0 Å². The lowest BCUT2D eigenvalue weighted by atomic mass is 10.3. The number of halogens is 1. The van der Waals surface area contributed by atoms with E-state index in [1.807, 2.05) is 25.1 Å². The molecule has 0 spiro atoms. The van der Waals surface area contributed by atoms with Crippen LogP contribution in [0.5, 0.6) is 10.9 Å². The molecule has 0 aromatic carbocycles. The lowest BCUT2D eigenvalue weighted by molar-refractivity contribution is 0.477. The molecule has 6 heteroatoms. The number of nitrogens with zero attached hydrogens (tertiary/aromatic N) is 3. The maximum atomic E-state index is 5.97. The van der Waals surface area contributed by atoms with E-state index in [0.29, 0.717) is 16.1 Å². The predicted octanol–water partition coefficient (Wildman–Crippen LogP) is 3.84. The van der Waals surface area contributed by atoms with Crippen molar-refractivity contribution in [2.75, 3.05) is 0 Å². The van der Waals surface area contributed by atoms with Gasteiger partial charge in [-0.15, -0.1) is 0 Å².